The van der Waals surface area contributed by atoms with Gasteiger partial charge in [-0.1, -0.05) is 36.8 Å². The molecule has 8 nitrogen and oxygen atoms in total. The molecule has 0 aromatic heterocycles. The van der Waals surface area contributed by atoms with Crippen LogP contribution in [0.4, 0.5) is 5.69 Å². The van der Waals surface area contributed by atoms with Crippen molar-refractivity contribution in [2.75, 3.05) is 44.3 Å². The Kier molecular flexibility index (Phi) is 7.28. The van der Waals surface area contributed by atoms with Crippen LogP contribution in [0.1, 0.15) is 41.2 Å². The second-order valence-corrected chi connectivity index (χ2v) is 10.1. The van der Waals surface area contributed by atoms with E-state index in [-0.39, 0.29) is 10.5 Å². The summed E-state index contributed by atoms with van der Waals surface area (Å²) in [5.74, 6) is -0.484. The molecule has 0 saturated carbocycles. The summed E-state index contributed by atoms with van der Waals surface area (Å²) < 4.78 is 33.4. The van der Waals surface area contributed by atoms with Crippen molar-refractivity contribution in [2.45, 2.75) is 30.2 Å². The van der Waals surface area contributed by atoms with Crippen molar-refractivity contribution < 1.29 is 17.9 Å². The predicted octanol–water partition coefficient (Wildman–Crippen LogP) is 2.69. The highest BCUT2D eigenvalue weighted by molar-refractivity contribution is 7.89. The molecule has 2 fully saturated rings. The first-order valence-electron chi connectivity index (χ1n) is 11.2. The normalized spacial score (nSPS) is 18.3. The van der Waals surface area contributed by atoms with Crippen molar-refractivity contribution in [1.82, 2.24) is 9.62 Å². The molecular formula is C24H28N4O4S. The fourth-order valence-electron chi connectivity index (χ4n) is 4.24. The van der Waals surface area contributed by atoms with Gasteiger partial charge < -0.3 is 15.0 Å². The molecule has 2 aromatic rings. The van der Waals surface area contributed by atoms with E-state index < -0.39 is 22.0 Å². The van der Waals surface area contributed by atoms with Crippen LogP contribution in [-0.2, 0) is 14.8 Å². The van der Waals surface area contributed by atoms with Crippen molar-refractivity contribution in [3.8, 4) is 6.07 Å². The molecule has 2 heterocycles. The Bertz CT molecular complexity index is 1120. The summed E-state index contributed by atoms with van der Waals surface area (Å²) in [4.78, 5) is 15.5. The molecule has 0 radical (unpaired) electrons. The maximum atomic E-state index is 13.4. The first kappa shape index (κ1) is 23.2. The predicted molar refractivity (Wildman–Crippen MR) is 124 cm³/mol. The average Bonchev–Trinajstić information content (AvgIpc) is 2.88. The number of carbonyl (C=O) groups excluding carboxylic acids is 1. The van der Waals surface area contributed by atoms with Crippen LogP contribution >= 0.6 is 0 Å². The third kappa shape index (κ3) is 5.19. The highest BCUT2D eigenvalue weighted by Gasteiger charge is 2.29. The zero-order valence-electron chi connectivity index (χ0n) is 18.4. The minimum absolute atomic E-state index is 0.0970. The molecule has 1 N–H and O–H groups in total. The van der Waals surface area contributed by atoms with Crippen LogP contribution in [0.5, 0.6) is 0 Å². The molecule has 9 heteroatoms. The van der Waals surface area contributed by atoms with Crippen molar-refractivity contribution in [1.29, 1.82) is 5.26 Å². The van der Waals surface area contributed by atoms with Crippen molar-refractivity contribution in [3.63, 3.8) is 0 Å². The molecule has 2 aliphatic heterocycles. The monoisotopic (exact) mass is 468 g/mol. The second kappa shape index (κ2) is 10.3. The van der Waals surface area contributed by atoms with E-state index in [0.717, 1.165) is 19.3 Å². The fraction of sp³-hybridized carbons (Fsp3) is 0.417. The Hall–Kier alpha value is -2.93. The topological polar surface area (TPSA) is 103 Å². The molecule has 174 valence electrons. The number of anilines is 1. The van der Waals surface area contributed by atoms with Crippen LogP contribution < -0.4 is 10.2 Å². The van der Waals surface area contributed by atoms with Crippen molar-refractivity contribution in [3.05, 3.63) is 59.7 Å². The Morgan fingerprint density at radius 1 is 1.00 bits per heavy atom. The third-order valence-corrected chi connectivity index (χ3v) is 7.95. The van der Waals surface area contributed by atoms with Gasteiger partial charge in [0.25, 0.3) is 5.91 Å². The second-order valence-electron chi connectivity index (χ2n) is 8.19. The van der Waals surface area contributed by atoms with Crippen LogP contribution in [0, 0.1) is 11.3 Å². The molecular weight excluding hydrogens is 440 g/mol. The van der Waals surface area contributed by atoms with Gasteiger partial charge in [0, 0.05) is 31.9 Å². The molecule has 33 heavy (non-hydrogen) atoms. The number of nitriles is 1. The zero-order chi connectivity index (χ0) is 23.3. The van der Waals surface area contributed by atoms with Crippen molar-refractivity contribution >= 4 is 21.6 Å². The summed E-state index contributed by atoms with van der Waals surface area (Å²) in [5.41, 5.74) is 1.54. The summed E-state index contributed by atoms with van der Waals surface area (Å²) in [5, 5.41) is 12.4. The number of nitrogens with one attached hydrogen (secondary N) is 1. The molecule has 2 aliphatic rings. The lowest BCUT2D eigenvalue weighted by Crippen LogP contribution is -2.39. The minimum Gasteiger partial charge on any atom is -0.378 e. The van der Waals surface area contributed by atoms with Crippen LogP contribution in [-0.4, -0.2) is 58.0 Å². The van der Waals surface area contributed by atoms with E-state index in [9.17, 15) is 18.5 Å². The number of morpholine rings is 1. The van der Waals surface area contributed by atoms with Gasteiger partial charge in [0.15, 0.2) is 0 Å². The van der Waals surface area contributed by atoms with Gasteiger partial charge in [-0.05, 0) is 36.6 Å². The first-order valence-corrected chi connectivity index (χ1v) is 12.7. The van der Waals surface area contributed by atoms with E-state index in [1.165, 1.54) is 10.4 Å². The lowest BCUT2D eigenvalue weighted by Gasteiger charge is -2.31. The quantitative estimate of drug-likeness (QED) is 0.699. The fourth-order valence-corrected chi connectivity index (χ4v) is 5.78. The Morgan fingerprint density at radius 2 is 1.70 bits per heavy atom. The lowest BCUT2D eigenvalue weighted by molar-refractivity contribution is 0.0943. The molecule has 2 saturated heterocycles. The van der Waals surface area contributed by atoms with Crippen LogP contribution in [0.25, 0.3) is 0 Å². The van der Waals surface area contributed by atoms with Gasteiger partial charge in [-0.3, -0.25) is 4.79 Å². The number of benzene rings is 2. The first-order chi connectivity index (χ1) is 16.0. The number of piperidine rings is 1. The molecule has 1 amide bonds. The number of carbonyl (C=O) groups is 1. The Morgan fingerprint density at radius 3 is 2.36 bits per heavy atom. The van der Waals surface area contributed by atoms with Gasteiger partial charge in [0.05, 0.1) is 29.7 Å². The Labute approximate surface area is 194 Å². The summed E-state index contributed by atoms with van der Waals surface area (Å²) >= 11 is 0. The maximum absolute atomic E-state index is 13.4. The summed E-state index contributed by atoms with van der Waals surface area (Å²) in [6.45, 7) is 3.22. The largest absolute Gasteiger partial charge is 0.378 e. The van der Waals surface area contributed by atoms with E-state index in [1.54, 1.807) is 36.4 Å². The molecule has 4 rings (SSSR count). The highest BCUT2D eigenvalue weighted by atomic mass is 32.2. The van der Waals surface area contributed by atoms with E-state index in [4.69, 9.17) is 4.74 Å². The number of hydrogen-bond acceptors (Lipinski definition) is 6. The standard InChI is InChI=1S/C24H28N4O4S/c25-18-22(19-7-3-1-4-8-19)26-24(29)21-17-20(33(30,31)28-11-5-2-6-12-28)9-10-23(21)27-13-15-32-16-14-27/h1,3-4,7-10,17,22H,2,5-6,11-16H2,(H,26,29)/t22-/m1/s1. The molecule has 0 bridgehead atoms. The van der Waals surface area contributed by atoms with E-state index in [1.807, 2.05) is 11.0 Å². The third-order valence-electron chi connectivity index (χ3n) is 6.05. The van der Waals surface area contributed by atoms with Crippen LogP contribution in [0.2, 0.25) is 0 Å². The summed E-state index contributed by atoms with van der Waals surface area (Å²) in [7, 11) is -3.71. The van der Waals surface area contributed by atoms with Crippen LogP contribution in [0.15, 0.2) is 53.4 Å². The van der Waals surface area contributed by atoms with Gasteiger partial charge in [-0.15, -0.1) is 0 Å². The van der Waals surface area contributed by atoms with Gasteiger partial charge in [0.2, 0.25) is 10.0 Å². The van der Waals surface area contributed by atoms with Crippen LogP contribution in [0.3, 0.4) is 0 Å². The molecule has 2 aromatic carbocycles. The number of hydrogen-bond donors (Lipinski definition) is 1. The van der Waals surface area contributed by atoms with Gasteiger partial charge in [-0.2, -0.15) is 9.57 Å². The minimum atomic E-state index is -3.71. The van der Waals surface area contributed by atoms with Gasteiger partial charge in [-0.25, -0.2) is 8.42 Å². The van der Waals surface area contributed by atoms with E-state index >= 15 is 0 Å². The van der Waals surface area contributed by atoms with E-state index in [0.29, 0.717) is 50.6 Å². The molecule has 0 unspecified atom stereocenters. The number of sulfonamides is 1. The number of nitrogens with zero attached hydrogens (tertiary/aromatic N) is 3. The number of rotatable bonds is 6. The SMILES string of the molecule is N#C[C@@H](NC(=O)c1cc(S(=O)(=O)N2CCCCC2)ccc1N1CCOCC1)c1ccccc1. The molecule has 0 spiro atoms. The number of ether oxygens (including phenoxy) is 1. The smallest absolute Gasteiger partial charge is 0.254 e. The molecule has 0 aliphatic carbocycles. The highest BCUT2D eigenvalue weighted by Crippen LogP contribution is 2.28. The Balaban J connectivity index is 1.69. The van der Waals surface area contributed by atoms with Gasteiger partial charge in [0.1, 0.15) is 6.04 Å². The summed E-state index contributed by atoms with van der Waals surface area (Å²) in [6.07, 6.45) is 2.68. The van der Waals surface area contributed by atoms with Gasteiger partial charge >= 0.3 is 0 Å². The van der Waals surface area contributed by atoms with E-state index in [2.05, 4.69) is 11.4 Å². The number of amides is 1. The average molecular weight is 469 g/mol. The zero-order valence-corrected chi connectivity index (χ0v) is 19.3. The van der Waals surface area contributed by atoms with Crippen molar-refractivity contribution in [2.24, 2.45) is 0 Å². The maximum Gasteiger partial charge on any atom is 0.254 e. The molecule has 1 atom stereocenters. The lowest BCUT2D eigenvalue weighted by atomic mass is 10.1. The summed E-state index contributed by atoms with van der Waals surface area (Å²) in [6, 6.07) is 15.0.